The van der Waals surface area contributed by atoms with E-state index in [2.05, 4.69) is 45.2 Å². The Balaban J connectivity index is 1.54. The molecule has 1 saturated heterocycles. The molecule has 1 aromatic carbocycles. The molecule has 0 unspecified atom stereocenters. The molecule has 2 aromatic rings. The Hall–Kier alpha value is -1.94. The quantitative estimate of drug-likeness (QED) is 0.936. The summed E-state index contributed by atoms with van der Waals surface area (Å²) in [6.45, 7) is 2.02. The minimum absolute atomic E-state index is 0.000566. The summed E-state index contributed by atoms with van der Waals surface area (Å²) in [7, 11) is 0. The first kappa shape index (κ1) is 14.0. The van der Waals surface area contributed by atoms with Gasteiger partial charge in [-0.3, -0.25) is 0 Å². The average Bonchev–Trinajstić information content (AvgIpc) is 2.57. The Morgan fingerprint density at radius 3 is 2.29 bits per heavy atom. The first-order chi connectivity index (χ1) is 10.3. The van der Waals surface area contributed by atoms with Crippen molar-refractivity contribution in [1.29, 1.82) is 0 Å². The van der Waals surface area contributed by atoms with Gasteiger partial charge in [0.05, 0.1) is 6.61 Å². The zero-order valence-electron chi connectivity index (χ0n) is 12.2. The summed E-state index contributed by atoms with van der Waals surface area (Å²) < 4.78 is 0. The molecule has 1 aliphatic rings. The van der Waals surface area contributed by atoms with Crippen LogP contribution in [0, 0.1) is 5.92 Å². The van der Waals surface area contributed by atoms with Crippen LogP contribution in [0.1, 0.15) is 24.0 Å². The Morgan fingerprint density at radius 1 is 1.00 bits per heavy atom. The van der Waals surface area contributed by atoms with Gasteiger partial charge in [-0.15, -0.1) is 0 Å². The predicted molar refractivity (Wildman–Crippen MR) is 83.0 cm³/mol. The van der Waals surface area contributed by atoms with Crippen molar-refractivity contribution in [3.8, 4) is 0 Å². The van der Waals surface area contributed by atoms with Gasteiger partial charge in [-0.25, -0.2) is 9.97 Å². The van der Waals surface area contributed by atoms with Crippen LogP contribution in [0.25, 0.3) is 0 Å². The lowest BCUT2D eigenvalue weighted by Crippen LogP contribution is -2.35. The zero-order chi connectivity index (χ0) is 14.5. The molecule has 0 bridgehead atoms. The highest BCUT2D eigenvalue weighted by molar-refractivity contribution is 5.30. The lowest BCUT2D eigenvalue weighted by molar-refractivity contribution is 0.281. The topological polar surface area (TPSA) is 49.3 Å². The second kappa shape index (κ2) is 6.68. The molecule has 0 radical (unpaired) electrons. The van der Waals surface area contributed by atoms with Gasteiger partial charge < -0.3 is 10.0 Å². The van der Waals surface area contributed by atoms with Crippen LogP contribution < -0.4 is 4.90 Å². The zero-order valence-corrected chi connectivity index (χ0v) is 12.2. The summed E-state index contributed by atoms with van der Waals surface area (Å²) in [4.78, 5) is 10.9. The summed E-state index contributed by atoms with van der Waals surface area (Å²) in [6, 6.07) is 10.7. The van der Waals surface area contributed by atoms with E-state index in [0.717, 1.165) is 30.5 Å². The highest BCUT2D eigenvalue weighted by atomic mass is 16.3. The Bertz CT molecular complexity index is 548. The van der Waals surface area contributed by atoms with Gasteiger partial charge in [0.1, 0.15) is 0 Å². The number of rotatable bonds is 4. The molecule has 1 fully saturated rings. The number of hydrogen-bond acceptors (Lipinski definition) is 4. The normalized spacial score (nSPS) is 16.1. The maximum atomic E-state index is 9.02. The number of hydrogen-bond donors (Lipinski definition) is 1. The molecule has 2 heterocycles. The van der Waals surface area contributed by atoms with Crippen molar-refractivity contribution in [2.24, 2.45) is 5.92 Å². The smallest absolute Gasteiger partial charge is 0.225 e. The van der Waals surface area contributed by atoms with E-state index in [0.29, 0.717) is 0 Å². The van der Waals surface area contributed by atoms with Gasteiger partial charge in [0.2, 0.25) is 5.95 Å². The largest absolute Gasteiger partial charge is 0.392 e. The fraction of sp³-hybridized carbons (Fsp3) is 0.412. The molecule has 1 N–H and O–H groups in total. The number of benzene rings is 1. The minimum atomic E-state index is -0.000566. The lowest BCUT2D eigenvalue weighted by Gasteiger charge is -2.32. The van der Waals surface area contributed by atoms with Gasteiger partial charge in [-0.2, -0.15) is 0 Å². The summed E-state index contributed by atoms with van der Waals surface area (Å²) in [5, 5.41) is 9.02. The molecule has 1 aromatic heterocycles. The van der Waals surface area contributed by atoms with Crippen LogP contribution in [-0.2, 0) is 13.0 Å². The van der Waals surface area contributed by atoms with Gasteiger partial charge in [-0.1, -0.05) is 30.3 Å². The third kappa shape index (κ3) is 3.58. The summed E-state index contributed by atoms with van der Waals surface area (Å²) in [6.07, 6.45) is 6.94. The SMILES string of the molecule is OCc1cnc(N2CCC(Cc3ccccc3)CC2)nc1. The maximum Gasteiger partial charge on any atom is 0.225 e. The third-order valence-corrected chi connectivity index (χ3v) is 4.14. The summed E-state index contributed by atoms with van der Waals surface area (Å²) in [5.74, 6) is 1.53. The molecule has 4 nitrogen and oxygen atoms in total. The molecule has 3 rings (SSSR count). The molecule has 4 heteroatoms. The molecule has 0 spiro atoms. The van der Waals surface area contributed by atoms with E-state index in [-0.39, 0.29) is 6.61 Å². The highest BCUT2D eigenvalue weighted by Crippen LogP contribution is 2.23. The predicted octanol–water partition coefficient (Wildman–Crippen LogP) is 2.43. The lowest BCUT2D eigenvalue weighted by atomic mass is 9.90. The third-order valence-electron chi connectivity index (χ3n) is 4.14. The van der Waals surface area contributed by atoms with Crippen LogP contribution in [0.15, 0.2) is 42.7 Å². The number of aromatic nitrogens is 2. The van der Waals surface area contributed by atoms with E-state index in [1.54, 1.807) is 12.4 Å². The maximum absolute atomic E-state index is 9.02. The van der Waals surface area contributed by atoms with Crippen molar-refractivity contribution in [1.82, 2.24) is 9.97 Å². The first-order valence-electron chi connectivity index (χ1n) is 7.56. The van der Waals surface area contributed by atoms with Crippen LogP contribution in [0.3, 0.4) is 0 Å². The molecule has 0 atom stereocenters. The van der Waals surface area contributed by atoms with Crippen molar-refractivity contribution in [3.63, 3.8) is 0 Å². The van der Waals surface area contributed by atoms with E-state index in [1.165, 1.54) is 24.8 Å². The van der Waals surface area contributed by atoms with Crippen LogP contribution >= 0.6 is 0 Å². The van der Waals surface area contributed by atoms with Gasteiger partial charge in [-0.05, 0) is 30.7 Å². The number of piperidine rings is 1. The van der Waals surface area contributed by atoms with E-state index in [1.807, 2.05) is 0 Å². The highest BCUT2D eigenvalue weighted by Gasteiger charge is 2.21. The van der Waals surface area contributed by atoms with Crippen LogP contribution in [0.5, 0.6) is 0 Å². The minimum Gasteiger partial charge on any atom is -0.392 e. The van der Waals surface area contributed by atoms with Gasteiger partial charge >= 0.3 is 0 Å². The molecule has 21 heavy (non-hydrogen) atoms. The van der Waals surface area contributed by atoms with E-state index in [4.69, 9.17) is 5.11 Å². The van der Waals surface area contributed by atoms with Crippen molar-refractivity contribution in [3.05, 3.63) is 53.9 Å². The number of aliphatic hydroxyl groups excluding tert-OH is 1. The van der Waals surface area contributed by atoms with Crippen LogP contribution in [0.2, 0.25) is 0 Å². The fourth-order valence-corrected chi connectivity index (χ4v) is 2.88. The van der Waals surface area contributed by atoms with Crippen molar-refractivity contribution < 1.29 is 5.11 Å². The average molecular weight is 283 g/mol. The van der Waals surface area contributed by atoms with Gasteiger partial charge in [0, 0.05) is 31.0 Å². The van der Waals surface area contributed by atoms with E-state index >= 15 is 0 Å². The fourth-order valence-electron chi connectivity index (χ4n) is 2.88. The van der Waals surface area contributed by atoms with Crippen LogP contribution in [0.4, 0.5) is 5.95 Å². The van der Waals surface area contributed by atoms with Gasteiger partial charge in [0.25, 0.3) is 0 Å². The van der Waals surface area contributed by atoms with Gasteiger partial charge in [0.15, 0.2) is 0 Å². The number of aliphatic hydroxyl groups is 1. The van der Waals surface area contributed by atoms with Crippen molar-refractivity contribution in [2.75, 3.05) is 18.0 Å². The molecule has 110 valence electrons. The second-order valence-electron chi connectivity index (χ2n) is 5.67. The Labute approximate surface area is 125 Å². The summed E-state index contributed by atoms with van der Waals surface area (Å²) in [5.41, 5.74) is 2.19. The molecule has 1 aliphatic heterocycles. The Morgan fingerprint density at radius 2 is 1.67 bits per heavy atom. The molecule has 0 amide bonds. The van der Waals surface area contributed by atoms with Crippen LogP contribution in [-0.4, -0.2) is 28.2 Å². The second-order valence-corrected chi connectivity index (χ2v) is 5.67. The molecular weight excluding hydrogens is 262 g/mol. The van der Waals surface area contributed by atoms with E-state index < -0.39 is 0 Å². The first-order valence-corrected chi connectivity index (χ1v) is 7.56. The molecule has 0 saturated carbocycles. The summed E-state index contributed by atoms with van der Waals surface area (Å²) >= 11 is 0. The van der Waals surface area contributed by atoms with E-state index in [9.17, 15) is 0 Å². The standard InChI is InChI=1S/C17H21N3O/c21-13-16-11-18-17(19-12-16)20-8-6-15(7-9-20)10-14-4-2-1-3-5-14/h1-5,11-12,15,21H,6-10,13H2. The molecule has 0 aliphatic carbocycles. The number of anilines is 1. The molecular formula is C17H21N3O. The monoisotopic (exact) mass is 283 g/mol. The Kier molecular flexibility index (Phi) is 4.46. The van der Waals surface area contributed by atoms with Crippen molar-refractivity contribution >= 4 is 5.95 Å². The number of nitrogens with zero attached hydrogens (tertiary/aromatic N) is 3. The van der Waals surface area contributed by atoms with Crippen molar-refractivity contribution in [2.45, 2.75) is 25.9 Å².